The molecule has 5 atom stereocenters. The number of hydrogen-bond donors (Lipinski definition) is 1. The van der Waals surface area contributed by atoms with E-state index in [1.165, 1.54) is 5.57 Å². The van der Waals surface area contributed by atoms with Crippen molar-refractivity contribution in [1.29, 1.82) is 0 Å². The van der Waals surface area contributed by atoms with Gasteiger partial charge < -0.3 is 5.11 Å². The van der Waals surface area contributed by atoms with Gasteiger partial charge in [0.25, 0.3) is 0 Å². The Labute approximate surface area is 125 Å². The molecule has 2 fully saturated rings. The number of rotatable bonds is 0. The molecule has 4 rings (SSSR count). The highest BCUT2D eigenvalue weighted by Gasteiger charge is 2.57. The van der Waals surface area contributed by atoms with Crippen molar-refractivity contribution < 1.29 is 14.7 Å². The van der Waals surface area contributed by atoms with Crippen molar-refractivity contribution in [3.8, 4) is 0 Å². The molecule has 21 heavy (non-hydrogen) atoms. The second-order valence-electron chi connectivity index (χ2n) is 7.49. The van der Waals surface area contributed by atoms with Crippen molar-refractivity contribution in [3.05, 3.63) is 23.3 Å². The monoisotopic (exact) mass is 286 g/mol. The van der Waals surface area contributed by atoms with Gasteiger partial charge in [0.2, 0.25) is 0 Å². The Morgan fingerprint density at radius 2 is 2.05 bits per heavy atom. The summed E-state index contributed by atoms with van der Waals surface area (Å²) in [5, 5.41) is 10.7. The van der Waals surface area contributed by atoms with Gasteiger partial charge in [0.05, 0.1) is 6.10 Å². The van der Waals surface area contributed by atoms with E-state index in [2.05, 4.69) is 19.1 Å². The van der Waals surface area contributed by atoms with Crippen LogP contribution in [0.3, 0.4) is 0 Å². The molecule has 4 aliphatic carbocycles. The number of aliphatic hydroxyl groups excluding tert-OH is 1. The third-order valence-corrected chi connectivity index (χ3v) is 6.46. The first kappa shape index (κ1) is 13.4. The fraction of sp³-hybridized carbons (Fsp3) is 0.667. The summed E-state index contributed by atoms with van der Waals surface area (Å²) < 4.78 is 0. The van der Waals surface area contributed by atoms with E-state index < -0.39 is 6.10 Å². The van der Waals surface area contributed by atoms with Crippen LogP contribution < -0.4 is 0 Å². The molecule has 0 saturated heterocycles. The molecule has 0 amide bonds. The lowest BCUT2D eigenvalue weighted by molar-refractivity contribution is -0.133. The van der Waals surface area contributed by atoms with Crippen LogP contribution in [0.15, 0.2) is 23.3 Å². The highest BCUT2D eigenvalue weighted by molar-refractivity contribution is 5.87. The van der Waals surface area contributed by atoms with E-state index >= 15 is 0 Å². The lowest BCUT2D eigenvalue weighted by Gasteiger charge is -2.50. The molecule has 4 aliphatic rings. The smallest absolute Gasteiger partial charge is 0.139 e. The SMILES string of the molecule is C[C@]12C[C@@H](O)C3C4=C(C=CC3C1CCC2=O)CC(=O)CC4. The number of carbonyl (C=O) groups is 2. The molecule has 1 N–H and O–H groups in total. The quantitative estimate of drug-likeness (QED) is 0.744. The maximum absolute atomic E-state index is 12.3. The molecule has 0 aliphatic heterocycles. The topological polar surface area (TPSA) is 54.4 Å². The van der Waals surface area contributed by atoms with E-state index in [4.69, 9.17) is 0 Å². The number of hydrogen-bond acceptors (Lipinski definition) is 3. The van der Waals surface area contributed by atoms with Gasteiger partial charge in [-0.05, 0) is 36.7 Å². The molecule has 0 heterocycles. The van der Waals surface area contributed by atoms with E-state index in [0.717, 1.165) is 18.4 Å². The first-order chi connectivity index (χ1) is 10.0. The summed E-state index contributed by atoms with van der Waals surface area (Å²) in [5.41, 5.74) is 2.10. The first-order valence-corrected chi connectivity index (χ1v) is 8.14. The molecular formula is C18H22O3. The van der Waals surface area contributed by atoms with Gasteiger partial charge >= 0.3 is 0 Å². The minimum Gasteiger partial charge on any atom is -0.392 e. The Balaban J connectivity index is 1.74. The van der Waals surface area contributed by atoms with Gasteiger partial charge in [-0.2, -0.15) is 0 Å². The maximum Gasteiger partial charge on any atom is 0.139 e. The van der Waals surface area contributed by atoms with Crippen molar-refractivity contribution in [2.45, 2.75) is 51.6 Å². The van der Waals surface area contributed by atoms with Gasteiger partial charge in [-0.1, -0.05) is 24.6 Å². The van der Waals surface area contributed by atoms with Gasteiger partial charge in [0, 0.05) is 30.6 Å². The van der Waals surface area contributed by atoms with Gasteiger partial charge in [-0.15, -0.1) is 0 Å². The predicted molar refractivity (Wildman–Crippen MR) is 78.5 cm³/mol. The van der Waals surface area contributed by atoms with Crippen molar-refractivity contribution in [1.82, 2.24) is 0 Å². The minimum atomic E-state index is -0.443. The van der Waals surface area contributed by atoms with E-state index in [9.17, 15) is 14.7 Å². The van der Waals surface area contributed by atoms with Crippen molar-refractivity contribution >= 4 is 11.6 Å². The molecule has 3 unspecified atom stereocenters. The summed E-state index contributed by atoms with van der Waals surface area (Å²) in [4.78, 5) is 23.9. The van der Waals surface area contributed by atoms with Crippen LogP contribution in [0.4, 0.5) is 0 Å². The number of Topliss-reactive ketones (excluding diaryl/α,β-unsaturated/α-hetero) is 2. The van der Waals surface area contributed by atoms with Gasteiger partial charge in [-0.25, -0.2) is 0 Å². The third kappa shape index (κ3) is 1.76. The Kier molecular flexibility index (Phi) is 2.81. The Bertz CT molecular complexity index is 585. The molecule has 2 saturated carbocycles. The van der Waals surface area contributed by atoms with Crippen LogP contribution in [0.1, 0.15) is 45.4 Å². The second kappa shape index (κ2) is 4.39. The molecule has 0 spiro atoms. The van der Waals surface area contributed by atoms with E-state index in [0.29, 0.717) is 43.2 Å². The molecule has 3 heteroatoms. The fourth-order valence-electron chi connectivity index (χ4n) is 5.39. The summed E-state index contributed by atoms with van der Waals surface area (Å²) in [6.45, 7) is 2.05. The largest absolute Gasteiger partial charge is 0.392 e. The number of carbonyl (C=O) groups excluding carboxylic acids is 2. The molecule has 0 radical (unpaired) electrons. The fourth-order valence-corrected chi connectivity index (χ4v) is 5.39. The summed E-state index contributed by atoms with van der Waals surface area (Å²) in [6.07, 6.45) is 8.00. The third-order valence-electron chi connectivity index (χ3n) is 6.46. The Morgan fingerprint density at radius 1 is 1.24 bits per heavy atom. The average molecular weight is 286 g/mol. The van der Waals surface area contributed by atoms with Crippen molar-refractivity contribution in [2.75, 3.05) is 0 Å². The van der Waals surface area contributed by atoms with Crippen LogP contribution in [-0.4, -0.2) is 22.8 Å². The first-order valence-electron chi connectivity index (χ1n) is 8.14. The zero-order chi connectivity index (χ0) is 14.8. The normalized spacial score (nSPS) is 45.4. The highest BCUT2D eigenvalue weighted by atomic mass is 16.3. The number of aliphatic hydroxyl groups is 1. The molecule has 0 aromatic heterocycles. The lowest BCUT2D eigenvalue weighted by Crippen LogP contribution is -2.49. The molecule has 0 aromatic carbocycles. The maximum atomic E-state index is 12.3. The Hall–Kier alpha value is -1.22. The Morgan fingerprint density at radius 3 is 2.86 bits per heavy atom. The summed E-state index contributed by atoms with van der Waals surface area (Å²) in [6, 6.07) is 0. The van der Waals surface area contributed by atoms with Crippen LogP contribution in [0.25, 0.3) is 0 Å². The number of fused-ring (bicyclic) bond motifs is 4. The molecular weight excluding hydrogens is 264 g/mol. The van der Waals surface area contributed by atoms with E-state index in [1.54, 1.807) is 0 Å². The average Bonchev–Trinajstić information content (AvgIpc) is 2.74. The molecule has 3 nitrogen and oxygen atoms in total. The van der Waals surface area contributed by atoms with E-state index in [1.807, 2.05) is 0 Å². The standard InChI is InChI=1S/C18H22O3/c1-18-9-15(20)17-12-5-3-11(19)8-10(12)2-4-13(17)14(18)6-7-16(18)21/h2,4,13-15,17,20H,3,5-9H2,1H3/t13?,14?,15-,17?,18+/m1/s1. The van der Waals surface area contributed by atoms with Crippen molar-refractivity contribution in [2.24, 2.45) is 23.2 Å². The summed E-state index contributed by atoms with van der Waals surface area (Å²) >= 11 is 0. The van der Waals surface area contributed by atoms with Gasteiger partial charge in [0.1, 0.15) is 11.6 Å². The summed E-state index contributed by atoms with van der Waals surface area (Å²) in [5.74, 6) is 1.42. The minimum absolute atomic E-state index is 0.141. The van der Waals surface area contributed by atoms with Crippen molar-refractivity contribution in [3.63, 3.8) is 0 Å². The van der Waals surface area contributed by atoms with Gasteiger partial charge in [-0.3, -0.25) is 9.59 Å². The lowest BCUT2D eigenvalue weighted by atomic mass is 9.55. The van der Waals surface area contributed by atoms with Gasteiger partial charge in [0.15, 0.2) is 0 Å². The summed E-state index contributed by atoms with van der Waals surface area (Å²) in [7, 11) is 0. The van der Waals surface area contributed by atoms with Crippen LogP contribution in [-0.2, 0) is 9.59 Å². The zero-order valence-corrected chi connectivity index (χ0v) is 12.5. The van der Waals surface area contributed by atoms with Crippen LogP contribution in [0.5, 0.6) is 0 Å². The number of ketones is 2. The molecule has 112 valence electrons. The zero-order valence-electron chi connectivity index (χ0n) is 12.5. The van der Waals surface area contributed by atoms with E-state index in [-0.39, 0.29) is 17.3 Å². The second-order valence-corrected chi connectivity index (χ2v) is 7.49. The molecule has 0 bridgehead atoms. The highest BCUT2D eigenvalue weighted by Crippen LogP contribution is 2.58. The number of allylic oxidation sites excluding steroid dienone is 3. The van der Waals surface area contributed by atoms with Crippen LogP contribution >= 0.6 is 0 Å². The predicted octanol–water partition coefficient (Wildman–Crippen LogP) is 2.59. The van der Waals surface area contributed by atoms with Crippen LogP contribution in [0.2, 0.25) is 0 Å². The molecule has 0 aromatic rings. The van der Waals surface area contributed by atoms with Crippen LogP contribution in [0, 0.1) is 23.2 Å².